The minimum absolute atomic E-state index is 1.88. The van der Waals surface area contributed by atoms with Crippen molar-refractivity contribution in [1.82, 2.24) is 0 Å². The summed E-state index contributed by atoms with van der Waals surface area (Å²) in [6.07, 6.45) is 5.79. The van der Waals surface area contributed by atoms with Crippen molar-refractivity contribution in [3.05, 3.63) is 12.2 Å². The number of allylic oxidation sites excluding steroid dienone is 2. The number of rotatable bonds is 1. The highest BCUT2D eigenvalue weighted by molar-refractivity contribution is 5.64. The van der Waals surface area contributed by atoms with E-state index in [4.69, 9.17) is 0 Å². The van der Waals surface area contributed by atoms with E-state index >= 15 is 0 Å². The zero-order chi connectivity index (χ0) is 6.83. The minimum atomic E-state index is 1.88. The van der Waals surface area contributed by atoms with Crippen molar-refractivity contribution in [1.29, 1.82) is 0 Å². The van der Waals surface area contributed by atoms with Gasteiger partial charge in [-0.1, -0.05) is 19.9 Å². The van der Waals surface area contributed by atoms with Gasteiger partial charge in [0.25, 0.3) is 0 Å². The first kappa shape index (κ1) is 10.4. The van der Waals surface area contributed by atoms with Crippen LogP contribution in [0.5, 0.6) is 0 Å². The van der Waals surface area contributed by atoms with Gasteiger partial charge in [0, 0.05) is 0 Å². The fraction of sp³-hybridized carbons (Fsp3) is 0.571. The Morgan fingerprint density at radius 1 is 1.25 bits per heavy atom. The highest BCUT2D eigenvalue weighted by Crippen LogP contribution is 1.53. The van der Waals surface area contributed by atoms with Crippen molar-refractivity contribution in [2.24, 2.45) is 0 Å². The van der Waals surface area contributed by atoms with Gasteiger partial charge in [-0.15, -0.1) is 0 Å². The second-order valence-electron chi connectivity index (χ2n) is 0.981. The molecule has 48 valence electrons. The number of hydrogen-bond donors (Lipinski definition) is 1. The van der Waals surface area contributed by atoms with E-state index in [-0.39, 0.29) is 0 Å². The molecule has 1 N–H and O–H groups in total. The Kier molecular flexibility index (Phi) is 21.0. The highest BCUT2D eigenvalue weighted by Gasteiger charge is 1.56. The number of nitrogens with one attached hydrogen (secondary N) is 1. The second kappa shape index (κ2) is 16.1. The highest BCUT2D eigenvalue weighted by atomic mass is 14.6. The fourth-order valence-electron chi connectivity index (χ4n) is 0.192. The molecule has 0 atom stereocenters. The van der Waals surface area contributed by atoms with E-state index in [0.717, 1.165) is 0 Å². The number of hydrogen-bond acceptors (Lipinski definition) is 0. The van der Waals surface area contributed by atoms with Crippen LogP contribution in [0, 0.1) is 0 Å². The van der Waals surface area contributed by atoms with Crippen LogP contribution >= 0.6 is 0 Å². The molecule has 0 fully saturated rings. The van der Waals surface area contributed by atoms with Crippen LogP contribution in [0.25, 0.3) is 0 Å². The first-order valence-corrected chi connectivity index (χ1v) is 3.03. The van der Waals surface area contributed by atoms with E-state index in [1.54, 1.807) is 0 Å². The van der Waals surface area contributed by atoms with E-state index in [1.807, 2.05) is 46.2 Å². The minimum Gasteiger partial charge on any atom is -0.251 e. The van der Waals surface area contributed by atoms with Gasteiger partial charge in [-0.25, -0.2) is 0 Å². The molecule has 0 aliphatic carbocycles. The Bertz CT molecular complexity index is 52.8. The van der Waals surface area contributed by atoms with Crippen LogP contribution in [-0.2, 0) is 0 Å². The van der Waals surface area contributed by atoms with Gasteiger partial charge in [0.2, 0.25) is 0 Å². The van der Waals surface area contributed by atoms with E-state index in [2.05, 4.69) is 4.99 Å². The summed E-state index contributed by atoms with van der Waals surface area (Å²) in [6.45, 7) is 5.98. The molecular weight excluding hydrogens is 98.1 g/mol. The Balaban J connectivity index is 0. The SMILES string of the molecule is C/C=C\C=[NH+]C.CC. The molecule has 0 aromatic heterocycles. The summed E-state index contributed by atoms with van der Waals surface area (Å²) in [6, 6.07) is 0. The van der Waals surface area contributed by atoms with Crippen LogP contribution < -0.4 is 4.99 Å². The van der Waals surface area contributed by atoms with Gasteiger partial charge in [0.05, 0.1) is 0 Å². The lowest BCUT2D eigenvalue weighted by molar-refractivity contribution is -0.413. The summed E-state index contributed by atoms with van der Waals surface area (Å²) in [5.74, 6) is 0. The summed E-state index contributed by atoms with van der Waals surface area (Å²) in [4.78, 5) is 2.86. The van der Waals surface area contributed by atoms with Crippen LogP contribution in [0.15, 0.2) is 12.2 Å². The first-order chi connectivity index (χ1) is 3.91. The quantitative estimate of drug-likeness (QED) is 0.473. The largest absolute Gasteiger partial charge is 0.251 e. The third-order valence-electron chi connectivity index (χ3n) is 0.455. The summed E-state index contributed by atoms with van der Waals surface area (Å²) < 4.78 is 0. The van der Waals surface area contributed by atoms with Crippen molar-refractivity contribution in [2.75, 3.05) is 7.05 Å². The van der Waals surface area contributed by atoms with Crippen LogP contribution in [0.4, 0.5) is 0 Å². The summed E-state index contributed by atoms with van der Waals surface area (Å²) in [7, 11) is 1.88. The fourth-order valence-corrected chi connectivity index (χ4v) is 0.192. The van der Waals surface area contributed by atoms with Gasteiger partial charge >= 0.3 is 0 Å². The van der Waals surface area contributed by atoms with Gasteiger partial charge in [-0.05, 0) is 13.0 Å². The molecule has 0 rings (SSSR count). The molecule has 0 aliphatic rings. The van der Waals surface area contributed by atoms with Gasteiger partial charge in [0.1, 0.15) is 7.05 Å². The van der Waals surface area contributed by atoms with E-state index in [0.29, 0.717) is 0 Å². The lowest BCUT2D eigenvalue weighted by Crippen LogP contribution is -2.62. The molecule has 0 saturated carbocycles. The van der Waals surface area contributed by atoms with E-state index in [9.17, 15) is 0 Å². The molecule has 0 bridgehead atoms. The molecular formula is C7H16N+. The predicted molar refractivity (Wildman–Crippen MR) is 39.1 cm³/mol. The molecule has 0 amide bonds. The lowest BCUT2D eigenvalue weighted by Gasteiger charge is -1.57. The lowest BCUT2D eigenvalue weighted by atomic mass is 10.6. The van der Waals surface area contributed by atoms with Crippen molar-refractivity contribution >= 4 is 6.21 Å². The molecule has 0 saturated heterocycles. The van der Waals surface area contributed by atoms with Gasteiger partial charge in [0.15, 0.2) is 6.21 Å². The third-order valence-corrected chi connectivity index (χ3v) is 0.455. The third kappa shape index (κ3) is 18.1. The molecule has 8 heavy (non-hydrogen) atoms. The monoisotopic (exact) mass is 114 g/mol. The van der Waals surface area contributed by atoms with E-state index in [1.165, 1.54) is 0 Å². The average Bonchev–Trinajstić information content (AvgIpc) is 1.88. The van der Waals surface area contributed by atoms with Crippen LogP contribution in [0.1, 0.15) is 20.8 Å². The van der Waals surface area contributed by atoms with Crippen LogP contribution in [-0.4, -0.2) is 13.3 Å². The first-order valence-electron chi connectivity index (χ1n) is 3.03. The zero-order valence-corrected chi connectivity index (χ0v) is 6.23. The van der Waals surface area contributed by atoms with Gasteiger partial charge in [-0.3, -0.25) is 4.99 Å². The second-order valence-corrected chi connectivity index (χ2v) is 0.981. The maximum Gasteiger partial charge on any atom is 0.161 e. The Morgan fingerprint density at radius 3 is 1.88 bits per heavy atom. The van der Waals surface area contributed by atoms with Gasteiger partial charge in [-0.2, -0.15) is 0 Å². The maximum absolute atomic E-state index is 2.86. The van der Waals surface area contributed by atoms with E-state index < -0.39 is 0 Å². The van der Waals surface area contributed by atoms with Gasteiger partial charge < -0.3 is 0 Å². The summed E-state index contributed by atoms with van der Waals surface area (Å²) in [5.41, 5.74) is 0. The molecule has 1 nitrogen and oxygen atoms in total. The molecule has 0 unspecified atom stereocenters. The maximum atomic E-state index is 2.86. The normalized spacial score (nSPS) is 9.50. The molecule has 0 heterocycles. The van der Waals surface area contributed by atoms with Crippen molar-refractivity contribution < 1.29 is 4.99 Å². The summed E-state index contributed by atoms with van der Waals surface area (Å²) in [5, 5.41) is 0. The van der Waals surface area contributed by atoms with Crippen molar-refractivity contribution in [2.45, 2.75) is 20.8 Å². The zero-order valence-electron chi connectivity index (χ0n) is 6.23. The molecule has 0 aromatic rings. The Hall–Kier alpha value is -0.590. The van der Waals surface area contributed by atoms with Crippen molar-refractivity contribution in [3.8, 4) is 0 Å². The average molecular weight is 114 g/mol. The topological polar surface area (TPSA) is 14.0 Å². The Morgan fingerprint density at radius 2 is 1.75 bits per heavy atom. The Labute approximate surface area is 52.1 Å². The van der Waals surface area contributed by atoms with Crippen molar-refractivity contribution in [3.63, 3.8) is 0 Å². The smallest absolute Gasteiger partial charge is 0.161 e. The molecule has 1 heteroatoms. The predicted octanol–water partition coefficient (Wildman–Crippen LogP) is 0.370. The summed E-state index contributed by atoms with van der Waals surface area (Å²) >= 11 is 0. The molecule has 0 aliphatic heterocycles. The standard InChI is InChI=1S/C5H9N.C2H6/c1-3-4-5-6-2;1-2/h3-5H,1-2H3;1-2H3/p+1/b4-3-,6-5?;. The molecule has 0 radical (unpaired) electrons. The molecule has 0 aromatic carbocycles. The molecule has 0 spiro atoms. The van der Waals surface area contributed by atoms with Crippen LogP contribution in [0.2, 0.25) is 0 Å². The van der Waals surface area contributed by atoms with Crippen LogP contribution in [0.3, 0.4) is 0 Å².